The molecule has 0 bridgehead atoms. The van der Waals surface area contributed by atoms with Gasteiger partial charge in [-0.15, -0.1) is 0 Å². The summed E-state index contributed by atoms with van der Waals surface area (Å²) in [7, 11) is 0. The molecule has 0 amide bonds. The van der Waals surface area contributed by atoms with Gasteiger partial charge in [0.1, 0.15) is 0 Å². The summed E-state index contributed by atoms with van der Waals surface area (Å²) in [6.45, 7) is 5.57. The van der Waals surface area contributed by atoms with E-state index in [0.29, 0.717) is 6.10 Å². The molecule has 5 unspecified atom stereocenters. The van der Waals surface area contributed by atoms with Crippen LogP contribution in [0.5, 0.6) is 0 Å². The number of unbranched alkanes of at least 4 members (excludes halogenated alkanes) is 3. The number of rotatable bonds is 8. The molecule has 4 rings (SSSR count). The van der Waals surface area contributed by atoms with Gasteiger partial charge in [0.05, 0.1) is 6.10 Å². The number of benzene rings is 1. The summed E-state index contributed by atoms with van der Waals surface area (Å²) >= 11 is 0. The van der Waals surface area contributed by atoms with Crippen molar-refractivity contribution in [2.45, 2.75) is 110 Å². The van der Waals surface area contributed by atoms with E-state index < -0.39 is 0 Å². The second-order valence-electron chi connectivity index (χ2n) is 10.4. The fourth-order valence-corrected chi connectivity index (χ4v) is 6.70. The summed E-state index contributed by atoms with van der Waals surface area (Å²) in [4.78, 5) is 0. The maximum atomic E-state index is 6.28. The van der Waals surface area contributed by atoms with E-state index in [1.165, 1.54) is 95.5 Å². The third-order valence-corrected chi connectivity index (χ3v) is 8.57. The summed E-state index contributed by atoms with van der Waals surface area (Å²) in [5, 5.41) is 0. The summed E-state index contributed by atoms with van der Waals surface area (Å²) in [6, 6.07) is 7.32. The number of fused-ring (bicyclic) bond motifs is 2. The molecule has 162 valence electrons. The number of hydrogen-bond acceptors (Lipinski definition) is 1. The Morgan fingerprint density at radius 2 is 1.59 bits per heavy atom. The van der Waals surface area contributed by atoms with Crippen LogP contribution in [-0.2, 0) is 24.0 Å². The predicted octanol–water partition coefficient (Wildman–Crippen LogP) is 7.54. The molecule has 1 nitrogen and oxygen atoms in total. The highest BCUT2D eigenvalue weighted by molar-refractivity contribution is 5.34. The van der Waals surface area contributed by atoms with E-state index in [0.717, 1.165) is 30.3 Å². The zero-order valence-corrected chi connectivity index (χ0v) is 19.1. The van der Waals surface area contributed by atoms with E-state index >= 15 is 0 Å². The van der Waals surface area contributed by atoms with Gasteiger partial charge in [-0.2, -0.15) is 0 Å². The van der Waals surface area contributed by atoms with Crippen LogP contribution in [0.3, 0.4) is 0 Å². The van der Waals surface area contributed by atoms with Gasteiger partial charge in [-0.05, 0) is 111 Å². The maximum absolute atomic E-state index is 6.28. The molecule has 0 heterocycles. The molecule has 2 fully saturated rings. The molecular weight excluding hydrogens is 352 g/mol. The minimum Gasteiger partial charge on any atom is -0.378 e. The summed E-state index contributed by atoms with van der Waals surface area (Å²) in [6.07, 6.45) is 19.8. The third-order valence-electron chi connectivity index (χ3n) is 8.57. The van der Waals surface area contributed by atoms with Gasteiger partial charge in [0.15, 0.2) is 0 Å². The minimum absolute atomic E-state index is 0.573. The molecule has 3 aliphatic carbocycles. The first-order valence-corrected chi connectivity index (χ1v) is 13.0. The molecule has 1 heteroatoms. The lowest BCUT2D eigenvalue weighted by Gasteiger charge is -2.45. The van der Waals surface area contributed by atoms with E-state index in [1.807, 2.05) is 0 Å². The largest absolute Gasteiger partial charge is 0.378 e. The van der Waals surface area contributed by atoms with Gasteiger partial charge in [-0.1, -0.05) is 51.3 Å². The van der Waals surface area contributed by atoms with Crippen molar-refractivity contribution < 1.29 is 4.74 Å². The molecule has 0 saturated heterocycles. The van der Waals surface area contributed by atoms with Crippen LogP contribution >= 0.6 is 0 Å². The van der Waals surface area contributed by atoms with Gasteiger partial charge in [0.2, 0.25) is 0 Å². The summed E-state index contributed by atoms with van der Waals surface area (Å²) in [5.74, 6) is 3.89. The average molecular weight is 397 g/mol. The van der Waals surface area contributed by atoms with Crippen molar-refractivity contribution in [2.75, 3.05) is 6.61 Å². The SMILES string of the molecule is CCCCCCOC1CCC2CC(C3CCc4cc(CC)ccc4C3)CCC2C1. The van der Waals surface area contributed by atoms with Crippen molar-refractivity contribution in [2.24, 2.45) is 23.7 Å². The van der Waals surface area contributed by atoms with Crippen LogP contribution in [0, 0.1) is 23.7 Å². The monoisotopic (exact) mass is 396 g/mol. The molecule has 2 saturated carbocycles. The highest BCUT2D eigenvalue weighted by atomic mass is 16.5. The van der Waals surface area contributed by atoms with Crippen LogP contribution in [0.25, 0.3) is 0 Å². The van der Waals surface area contributed by atoms with Crippen molar-refractivity contribution in [3.63, 3.8) is 0 Å². The lowest BCUT2D eigenvalue weighted by Crippen LogP contribution is -2.37. The van der Waals surface area contributed by atoms with Crippen molar-refractivity contribution >= 4 is 0 Å². The van der Waals surface area contributed by atoms with Gasteiger partial charge in [0.25, 0.3) is 0 Å². The summed E-state index contributed by atoms with van der Waals surface area (Å²) < 4.78 is 6.28. The first-order chi connectivity index (χ1) is 14.3. The number of hydrogen-bond donors (Lipinski definition) is 0. The molecule has 3 aliphatic rings. The minimum atomic E-state index is 0.573. The first-order valence-electron chi connectivity index (χ1n) is 13.0. The second-order valence-corrected chi connectivity index (χ2v) is 10.4. The number of aryl methyl sites for hydroxylation is 2. The van der Waals surface area contributed by atoms with Crippen LogP contribution in [0.2, 0.25) is 0 Å². The molecule has 0 N–H and O–H groups in total. The lowest BCUT2D eigenvalue weighted by atomic mass is 9.62. The zero-order valence-electron chi connectivity index (χ0n) is 19.1. The quantitative estimate of drug-likeness (QED) is 0.412. The molecule has 5 atom stereocenters. The molecule has 0 aliphatic heterocycles. The summed E-state index contributed by atoms with van der Waals surface area (Å²) in [5.41, 5.74) is 4.85. The zero-order chi connectivity index (χ0) is 20.1. The smallest absolute Gasteiger partial charge is 0.0578 e. The number of ether oxygens (including phenoxy) is 1. The lowest BCUT2D eigenvalue weighted by molar-refractivity contribution is -0.0250. The third kappa shape index (κ3) is 5.46. The Morgan fingerprint density at radius 1 is 0.793 bits per heavy atom. The Bertz CT molecular complexity index is 635. The van der Waals surface area contributed by atoms with Crippen molar-refractivity contribution in [3.05, 3.63) is 34.9 Å². The Hall–Kier alpha value is -0.820. The van der Waals surface area contributed by atoms with Crippen molar-refractivity contribution in [3.8, 4) is 0 Å². The molecule has 29 heavy (non-hydrogen) atoms. The van der Waals surface area contributed by atoms with E-state index in [4.69, 9.17) is 4.74 Å². The van der Waals surface area contributed by atoms with E-state index in [1.54, 1.807) is 11.1 Å². The Balaban J connectivity index is 1.24. The van der Waals surface area contributed by atoms with Crippen molar-refractivity contribution in [1.29, 1.82) is 0 Å². The fraction of sp³-hybridized carbons (Fsp3) is 0.786. The Kier molecular flexibility index (Phi) is 7.73. The van der Waals surface area contributed by atoms with Gasteiger partial charge in [0, 0.05) is 6.61 Å². The predicted molar refractivity (Wildman–Crippen MR) is 123 cm³/mol. The Morgan fingerprint density at radius 3 is 2.41 bits per heavy atom. The molecule has 0 aromatic heterocycles. The highest BCUT2D eigenvalue weighted by Crippen LogP contribution is 2.47. The van der Waals surface area contributed by atoms with Gasteiger partial charge in [-0.25, -0.2) is 0 Å². The van der Waals surface area contributed by atoms with Gasteiger partial charge < -0.3 is 4.74 Å². The van der Waals surface area contributed by atoms with E-state index in [-0.39, 0.29) is 0 Å². The first kappa shape index (κ1) is 21.4. The molecular formula is C28H44O. The van der Waals surface area contributed by atoms with Crippen LogP contribution in [0.1, 0.15) is 101 Å². The van der Waals surface area contributed by atoms with E-state index in [2.05, 4.69) is 32.0 Å². The van der Waals surface area contributed by atoms with Gasteiger partial charge in [-0.3, -0.25) is 0 Å². The fourth-order valence-electron chi connectivity index (χ4n) is 6.70. The van der Waals surface area contributed by atoms with Crippen LogP contribution < -0.4 is 0 Å². The van der Waals surface area contributed by atoms with E-state index in [9.17, 15) is 0 Å². The molecule has 0 spiro atoms. The maximum Gasteiger partial charge on any atom is 0.0578 e. The molecule has 1 aromatic rings. The van der Waals surface area contributed by atoms with Crippen LogP contribution in [-0.4, -0.2) is 12.7 Å². The van der Waals surface area contributed by atoms with Crippen LogP contribution in [0.4, 0.5) is 0 Å². The molecule has 1 aromatic carbocycles. The topological polar surface area (TPSA) is 9.23 Å². The average Bonchev–Trinajstić information content (AvgIpc) is 2.77. The van der Waals surface area contributed by atoms with Crippen LogP contribution in [0.15, 0.2) is 18.2 Å². The van der Waals surface area contributed by atoms with Gasteiger partial charge >= 0.3 is 0 Å². The molecule has 0 radical (unpaired) electrons. The van der Waals surface area contributed by atoms with Crippen molar-refractivity contribution in [1.82, 2.24) is 0 Å². The second kappa shape index (κ2) is 10.5. The normalized spacial score (nSPS) is 31.9. The highest BCUT2D eigenvalue weighted by Gasteiger charge is 2.38. The standard InChI is InChI=1S/C28H44O/c1-3-5-6-7-16-29-28-15-14-26-19-25(12-13-27(26)20-28)24-11-10-22-17-21(4-2)8-9-23(22)18-24/h8-9,17,24-28H,3-7,10-16,18-20H2,1-2H3. The Labute approximate surface area is 180 Å².